The molecule has 0 bridgehead atoms. The summed E-state index contributed by atoms with van der Waals surface area (Å²) in [5.74, 6) is -0.233. The summed E-state index contributed by atoms with van der Waals surface area (Å²) < 4.78 is 13.1. The molecule has 0 unspecified atom stereocenters. The fourth-order valence-electron chi connectivity index (χ4n) is 3.76. The molecule has 1 amide bonds. The van der Waals surface area contributed by atoms with Gasteiger partial charge in [0.25, 0.3) is 0 Å². The maximum absolute atomic E-state index is 13.1. The number of halogens is 1. The minimum absolute atomic E-state index is 0.0115. The third kappa shape index (κ3) is 4.19. The molecule has 0 aromatic heterocycles. The van der Waals surface area contributed by atoms with Crippen molar-refractivity contribution < 1.29 is 9.18 Å². The average molecular weight is 343 g/mol. The Balaban J connectivity index is 1.66. The van der Waals surface area contributed by atoms with E-state index < -0.39 is 5.54 Å². The van der Waals surface area contributed by atoms with Gasteiger partial charge in [0, 0.05) is 19.6 Å². The molecule has 0 spiro atoms. The van der Waals surface area contributed by atoms with Gasteiger partial charge in [-0.2, -0.15) is 5.26 Å². The van der Waals surface area contributed by atoms with Crippen molar-refractivity contribution in [1.29, 1.82) is 5.26 Å². The first-order chi connectivity index (χ1) is 12.0. The molecule has 2 fully saturated rings. The molecule has 0 heterocycles. The monoisotopic (exact) mass is 343 g/mol. The Hall–Kier alpha value is -1.93. The number of carbonyl (C=O) groups excluding carboxylic acids is 1. The molecule has 3 rings (SSSR count). The Morgan fingerprint density at radius 2 is 1.88 bits per heavy atom. The van der Waals surface area contributed by atoms with Crippen molar-refractivity contribution in [3.63, 3.8) is 0 Å². The van der Waals surface area contributed by atoms with E-state index in [0.717, 1.165) is 50.5 Å². The predicted molar refractivity (Wildman–Crippen MR) is 94.0 cm³/mol. The summed E-state index contributed by atoms with van der Waals surface area (Å²) in [6.45, 7) is 0.964. The molecule has 1 aromatic carbocycles. The van der Waals surface area contributed by atoms with E-state index in [4.69, 9.17) is 0 Å². The van der Waals surface area contributed by atoms with Crippen LogP contribution >= 0.6 is 0 Å². The molecular weight excluding hydrogens is 317 g/mol. The zero-order valence-electron chi connectivity index (χ0n) is 14.9. The van der Waals surface area contributed by atoms with Gasteiger partial charge in [-0.1, -0.05) is 31.4 Å². The molecule has 2 aliphatic rings. The van der Waals surface area contributed by atoms with Gasteiger partial charge in [-0.25, -0.2) is 4.39 Å². The van der Waals surface area contributed by atoms with Gasteiger partial charge in [0.1, 0.15) is 11.4 Å². The van der Waals surface area contributed by atoms with Crippen LogP contribution in [0.15, 0.2) is 24.3 Å². The van der Waals surface area contributed by atoms with Gasteiger partial charge in [0.05, 0.1) is 12.6 Å². The highest BCUT2D eigenvalue weighted by Crippen LogP contribution is 2.33. The van der Waals surface area contributed by atoms with Crippen LogP contribution in [-0.2, 0) is 11.3 Å². The van der Waals surface area contributed by atoms with Gasteiger partial charge in [-0.15, -0.1) is 0 Å². The third-order valence-corrected chi connectivity index (χ3v) is 5.61. The lowest BCUT2D eigenvalue weighted by Gasteiger charge is -2.40. The number of benzene rings is 1. The fraction of sp³-hybridized carbons (Fsp3) is 0.600. The number of nitrogens with zero attached hydrogens (tertiary/aromatic N) is 3. The summed E-state index contributed by atoms with van der Waals surface area (Å²) >= 11 is 0. The van der Waals surface area contributed by atoms with E-state index in [1.54, 1.807) is 24.1 Å². The lowest BCUT2D eigenvalue weighted by Crippen LogP contribution is -2.52. The van der Waals surface area contributed by atoms with Crippen LogP contribution in [-0.4, -0.2) is 40.9 Å². The molecule has 2 aliphatic carbocycles. The topological polar surface area (TPSA) is 47.3 Å². The predicted octanol–water partition coefficient (Wildman–Crippen LogP) is 3.47. The lowest BCUT2D eigenvalue weighted by atomic mass is 9.81. The smallest absolute Gasteiger partial charge is 0.237 e. The first kappa shape index (κ1) is 17.9. The highest BCUT2D eigenvalue weighted by Gasteiger charge is 2.40. The van der Waals surface area contributed by atoms with Crippen LogP contribution < -0.4 is 0 Å². The number of amides is 1. The molecule has 2 saturated carbocycles. The van der Waals surface area contributed by atoms with Crippen molar-refractivity contribution in [2.45, 2.75) is 63.1 Å². The van der Waals surface area contributed by atoms with E-state index in [0.29, 0.717) is 19.1 Å². The Kier molecular flexibility index (Phi) is 5.39. The first-order valence-corrected chi connectivity index (χ1v) is 9.20. The fourth-order valence-corrected chi connectivity index (χ4v) is 3.76. The van der Waals surface area contributed by atoms with Crippen LogP contribution in [0.3, 0.4) is 0 Å². The third-order valence-electron chi connectivity index (χ3n) is 5.61. The highest BCUT2D eigenvalue weighted by molar-refractivity contribution is 5.79. The van der Waals surface area contributed by atoms with E-state index in [2.05, 4.69) is 11.0 Å². The molecule has 5 heteroatoms. The van der Waals surface area contributed by atoms with Crippen LogP contribution in [0.25, 0.3) is 0 Å². The zero-order valence-corrected chi connectivity index (χ0v) is 14.9. The molecule has 0 N–H and O–H groups in total. The van der Waals surface area contributed by atoms with E-state index >= 15 is 0 Å². The lowest BCUT2D eigenvalue weighted by molar-refractivity contribution is -0.136. The largest absolute Gasteiger partial charge is 0.326 e. The van der Waals surface area contributed by atoms with Gasteiger partial charge >= 0.3 is 0 Å². The summed E-state index contributed by atoms with van der Waals surface area (Å²) in [6, 6.07) is 9.31. The maximum atomic E-state index is 13.1. The van der Waals surface area contributed by atoms with Gasteiger partial charge in [0.15, 0.2) is 0 Å². The number of nitriles is 1. The summed E-state index contributed by atoms with van der Waals surface area (Å²) in [7, 11) is 1.78. The zero-order chi connectivity index (χ0) is 17.9. The molecule has 1 aromatic rings. The molecular formula is C20H26FN3O. The molecule has 0 radical (unpaired) electrons. The minimum atomic E-state index is -0.638. The number of likely N-dealkylation sites (N-methyl/N-ethyl adjacent to an activating group) is 1. The van der Waals surface area contributed by atoms with E-state index in [1.165, 1.54) is 12.1 Å². The maximum Gasteiger partial charge on any atom is 0.237 e. The second kappa shape index (κ2) is 7.53. The summed E-state index contributed by atoms with van der Waals surface area (Å²) in [5.41, 5.74) is 0.372. The Morgan fingerprint density at radius 1 is 1.24 bits per heavy atom. The van der Waals surface area contributed by atoms with E-state index in [1.807, 2.05) is 0 Å². The minimum Gasteiger partial charge on any atom is -0.326 e. The van der Waals surface area contributed by atoms with Gasteiger partial charge in [0.2, 0.25) is 5.91 Å². The molecule has 0 atom stereocenters. The summed E-state index contributed by atoms with van der Waals surface area (Å²) in [5, 5.41) is 9.68. The average Bonchev–Trinajstić information content (AvgIpc) is 3.48. The summed E-state index contributed by atoms with van der Waals surface area (Å²) in [6.07, 6.45) is 6.90. The Morgan fingerprint density at radius 3 is 2.44 bits per heavy atom. The van der Waals surface area contributed by atoms with Crippen molar-refractivity contribution in [2.75, 3.05) is 13.6 Å². The molecule has 0 saturated heterocycles. The molecule has 0 aliphatic heterocycles. The highest BCUT2D eigenvalue weighted by atomic mass is 19.1. The number of hydrogen-bond acceptors (Lipinski definition) is 3. The number of rotatable bonds is 6. The van der Waals surface area contributed by atoms with E-state index in [-0.39, 0.29) is 11.7 Å². The second-order valence-corrected chi connectivity index (χ2v) is 7.42. The van der Waals surface area contributed by atoms with E-state index in [9.17, 15) is 14.4 Å². The second-order valence-electron chi connectivity index (χ2n) is 7.42. The van der Waals surface area contributed by atoms with Crippen LogP contribution in [0.2, 0.25) is 0 Å². The van der Waals surface area contributed by atoms with Gasteiger partial charge in [-0.05, 0) is 43.4 Å². The SMILES string of the molecule is CN(C(=O)CN(Cc1ccc(F)cc1)C1CC1)C1(C#N)CCCCC1. The summed E-state index contributed by atoms with van der Waals surface area (Å²) in [4.78, 5) is 16.7. The van der Waals surface area contributed by atoms with Crippen molar-refractivity contribution in [2.24, 2.45) is 0 Å². The Bertz CT molecular complexity index is 642. The van der Waals surface area contributed by atoms with Crippen molar-refractivity contribution in [3.05, 3.63) is 35.6 Å². The first-order valence-electron chi connectivity index (χ1n) is 9.20. The molecule has 25 heavy (non-hydrogen) atoms. The molecule has 4 nitrogen and oxygen atoms in total. The Labute approximate surface area is 149 Å². The van der Waals surface area contributed by atoms with Gasteiger partial charge < -0.3 is 4.90 Å². The molecule has 134 valence electrons. The van der Waals surface area contributed by atoms with Crippen molar-refractivity contribution >= 4 is 5.91 Å². The number of carbonyl (C=O) groups is 1. The number of hydrogen-bond donors (Lipinski definition) is 0. The van der Waals surface area contributed by atoms with Crippen LogP contribution in [0.4, 0.5) is 4.39 Å². The quantitative estimate of drug-likeness (QED) is 0.794. The van der Waals surface area contributed by atoms with Crippen molar-refractivity contribution in [1.82, 2.24) is 9.80 Å². The standard InChI is InChI=1S/C20H26FN3O/c1-23(20(15-22)11-3-2-4-12-20)19(25)14-24(18-9-10-18)13-16-5-7-17(21)8-6-16/h5-8,18H,2-4,9-14H2,1H3. The van der Waals surface area contributed by atoms with Gasteiger partial charge in [-0.3, -0.25) is 9.69 Å². The van der Waals surface area contributed by atoms with Crippen molar-refractivity contribution in [3.8, 4) is 6.07 Å². The van der Waals surface area contributed by atoms with Crippen LogP contribution in [0, 0.1) is 17.1 Å². The van der Waals surface area contributed by atoms with Crippen LogP contribution in [0.5, 0.6) is 0 Å². The van der Waals surface area contributed by atoms with Crippen LogP contribution in [0.1, 0.15) is 50.5 Å². The normalized spacial score (nSPS) is 19.4.